The van der Waals surface area contributed by atoms with Gasteiger partial charge in [-0.1, -0.05) is 54.3 Å². The minimum Gasteiger partial charge on any atom is -0.206 e. The minimum atomic E-state index is -1.96. The molecule has 1 aliphatic carbocycles. The summed E-state index contributed by atoms with van der Waals surface area (Å²) in [5.74, 6) is 6.49. The van der Waals surface area contributed by atoms with E-state index in [-0.39, 0.29) is 10.9 Å². The van der Waals surface area contributed by atoms with Crippen molar-refractivity contribution in [1.29, 1.82) is 0 Å². The van der Waals surface area contributed by atoms with E-state index in [9.17, 15) is 17.6 Å². The van der Waals surface area contributed by atoms with Crippen LogP contribution in [0.5, 0.6) is 0 Å². The number of fused-ring (bicyclic) bond motifs is 1. The lowest BCUT2D eigenvalue weighted by molar-refractivity contribution is 0.303. The SMILES string of the molecule is C/C=C/CCC1CCC(C#Cc2ccc(-c3ccc4c(F)c(C=C(F)F)ccc4c3)c(F)c2)CC1. The molecule has 3 aromatic rings. The van der Waals surface area contributed by atoms with Crippen LogP contribution in [-0.2, 0) is 0 Å². The molecule has 0 bridgehead atoms. The second kappa shape index (κ2) is 11.4. The molecule has 0 heterocycles. The van der Waals surface area contributed by atoms with Crippen LogP contribution in [0.15, 0.2) is 66.8 Å². The standard InChI is InChI=1S/C31H28F4/c1-2-3-4-5-21-6-8-22(9-7-21)10-11-23-12-16-27(29(32)18-23)24-15-17-28-25(19-24)13-14-26(31(28)35)20-30(33)34/h2-3,12-22H,4-9H2,1H3/b3-2+. The number of rotatable bonds is 5. The highest BCUT2D eigenvalue weighted by molar-refractivity contribution is 5.89. The first-order valence-electron chi connectivity index (χ1n) is 12.1. The zero-order chi connectivity index (χ0) is 24.8. The van der Waals surface area contributed by atoms with E-state index in [1.54, 1.807) is 30.3 Å². The van der Waals surface area contributed by atoms with Crippen LogP contribution >= 0.6 is 0 Å². The molecule has 1 saturated carbocycles. The fourth-order valence-electron chi connectivity index (χ4n) is 4.81. The fraction of sp³-hybridized carbons (Fsp3) is 0.290. The van der Waals surface area contributed by atoms with Crippen molar-refractivity contribution < 1.29 is 17.6 Å². The van der Waals surface area contributed by atoms with Crippen LogP contribution < -0.4 is 0 Å². The summed E-state index contributed by atoms with van der Waals surface area (Å²) >= 11 is 0. The summed E-state index contributed by atoms with van der Waals surface area (Å²) in [5, 5.41) is 0.726. The van der Waals surface area contributed by atoms with Crippen LogP contribution in [0.4, 0.5) is 17.6 Å². The first-order chi connectivity index (χ1) is 16.9. The molecule has 0 spiro atoms. The Balaban J connectivity index is 1.47. The third kappa shape index (κ3) is 6.22. The number of halogens is 4. The Morgan fingerprint density at radius 2 is 1.77 bits per heavy atom. The van der Waals surface area contributed by atoms with Crippen LogP contribution in [-0.4, -0.2) is 0 Å². The summed E-state index contributed by atoms with van der Waals surface area (Å²) < 4.78 is 54.6. The van der Waals surface area contributed by atoms with E-state index < -0.39 is 17.7 Å². The Morgan fingerprint density at radius 3 is 2.49 bits per heavy atom. The van der Waals surface area contributed by atoms with Gasteiger partial charge >= 0.3 is 0 Å². The van der Waals surface area contributed by atoms with E-state index in [0.717, 1.165) is 25.2 Å². The van der Waals surface area contributed by atoms with Crippen molar-refractivity contribution in [2.75, 3.05) is 0 Å². The smallest absolute Gasteiger partial charge is 0.206 e. The van der Waals surface area contributed by atoms with Crippen LogP contribution in [0.25, 0.3) is 28.0 Å². The van der Waals surface area contributed by atoms with Crippen molar-refractivity contribution in [2.24, 2.45) is 11.8 Å². The number of allylic oxidation sites excluding steroid dienone is 2. The van der Waals surface area contributed by atoms with Crippen molar-refractivity contribution in [2.45, 2.75) is 45.4 Å². The molecule has 0 aromatic heterocycles. The van der Waals surface area contributed by atoms with Gasteiger partial charge < -0.3 is 0 Å². The van der Waals surface area contributed by atoms with E-state index in [2.05, 4.69) is 30.9 Å². The largest absolute Gasteiger partial charge is 0.271 e. The monoisotopic (exact) mass is 476 g/mol. The number of hydrogen-bond acceptors (Lipinski definition) is 0. The Labute approximate surface area is 204 Å². The van der Waals surface area contributed by atoms with Gasteiger partial charge in [0.1, 0.15) is 11.6 Å². The van der Waals surface area contributed by atoms with E-state index in [1.165, 1.54) is 37.5 Å². The molecule has 35 heavy (non-hydrogen) atoms. The van der Waals surface area contributed by atoms with Gasteiger partial charge in [0.25, 0.3) is 6.08 Å². The normalized spacial score (nSPS) is 17.9. The highest BCUT2D eigenvalue weighted by Crippen LogP contribution is 2.32. The van der Waals surface area contributed by atoms with Gasteiger partial charge in [-0.2, -0.15) is 8.78 Å². The van der Waals surface area contributed by atoms with Gasteiger partial charge in [0.05, 0.1) is 0 Å². The first-order valence-corrected chi connectivity index (χ1v) is 12.1. The van der Waals surface area contributed by atoms with Gasteiger partial charge in [0.15, 0.2) is 0 Å². The predicted octanol–water partition coefficient (Wildman–Crippen LogP) is 9.54. The van der Waals surface area contributed by atoms with E-state index in [4.69, 9.17) is 0 Å². The third-order valence-corrected chi connectivity index (χ3v) is 6.77. The van der Waals surface area contributed by atoms with Crippen molar-refractivity contribution in [3.8, 4) is 23.0 Å². The minimum absolute atomic E-state index is 0.179. The molecule has 3 aromatic carbocycles. The summed E-state index contributed by atoms with van der Waals surface area (Å²) in [7, 11) is 0. The molecular formula is C31H28F4. The molecular weight excluding hydrogens is 448 g/mol. The van der Waals surface area contributed by atoms with Crippen LogP contribution in [0.2, 0.25) is 0 Å². The molecule has 0 N–H and O–H groups in total. The topological polar surface area (TPSA) is 0 Å². The molecule has 1 fully saturated rings. The highest BCUT2D eigenvalue weighted by atomic mass is 19.3. The van der Waals surface area contributed by atoms with Crippen molar-refractivity contribution in [3.63, 3.8) is 0 Å². The van der Waals surface area contributed by atoms with Gasteiger partial charge in [-0.05, 0) is 80.5 Å². The Morgan fingerprint density at radius 1 is 0.971 bits per heavy atom. The molecule has 1 aliphatic rings. The second-order valence-electron chi connectivity index (χ2n) is 9.17. The molecule has 0 radical (unpaired) electrons. The van der Waals surface area contributed by atoms with Gasteiger partial charge in [-0.15, -0.1) is 0 Å². The maximum Gasteiger partial charge on any atom is 0.271 e. The average Bonchev–Trinajstić information content (AvgIpc) is 2.85. The third-order valence-electron chi connectivity index (χ3n) is 6.77. The summed E-state index contributed by atoms with van der Waals surface area (Å²) in [6, 6.07) is 12.5. The first kappa shape index (κ1) is 24.8. The van der Waals surface area contributed by atoms with Gasteiger partial charge in [0, 0.05) is 34.1 Å². The van der Waals surface area contributed by atoms with Gasteiger partial charge in [-0.25, -0.2) is 8.78 Å². The summed E-state index contributed by atoms with van der Waals surface area (Å²) in [5.41, 5.74) is 1.43. The van der Waals surface area contributed by atoms with E-state index in [1.807, 2.05) is 0 Å². The predicted molar refractivity (Wildman–Crippen MR) is 136 cm³/mol. The molecule has 180 valence electrons. The molecule has 4 heteroatoms. The zero-order valence-corrected chi connectivity index (χ0v) is 19.8. The van der Waals surface area contributed by atoms with E-state index in [0.29, 0.717) is 34.1 Å². The van der Waals surface area contributed by atoms with Crippen molar-refractivity contribution >= 4 is 16.8 Å². The lowest BCUT2D eigenvalue weighted by atomic mass is 9.80. The van der Waals surface area contributed by atoms with Crippen LogP contribution in [0, 0.1) is 35.3 Å². The van der Waals surface area contributed by atoms with Crippen LogP contribution in [0.1, 0.15) is 56.6 Å². The summed E-state index contributed by atoms with van der Waals surface area (Å²) in [4.78, 5) is 0. The zero-order valence-electron chi connectivity index (χ0n) is 19.8. The molecule has 4 rings (SSSR count). The van der Waals surface area contributed by atoms with Crippen molar-refractivity contribution in [3.05, 3.63) is 89.5 Å². The molecule has 0 saturated heterocycles. The second-order valence-corrected chi connectivity index (χ2v) is 9.17. The fourth-order valence-corrected chi connectivity index (χ4v) is 4.81. The van der Waals surface area contributed by atoms with Gasteiger partial charge in [-0.3, -0.25) is 0 Å². The Bertz CT molecular complexity index is 1310. The highest BCUT2D eigenvalue weighted by Gasteiger charge is 2.19. The number of benzene rings is 3. The maximum absolute atomic E-state index is 14.9. The average molecular weight is 477 g/mol. The summed E-state index contributed by atoms with van der Waals surface area (Å²) in [6.45, 7) is 2.05. The quantitative estimate of drug-likeness (QED) is 0.195. The summed E-state index contributed by atoms with van der Waals surface area (Å²) in [6.07, 6.45) is 9.85. The molecule has 0 aliphatic heterocycles. The molecule has 0 unspecified atom stereocenters. The Hall–Kier alpha value is -3.32. The molecule has 0 amide bonds. The lowest BCUT2D eigenvalue weighted by Gasteiger charge is -2.25. The van der Waals surface area contributed by atoms with Crippen molar-refractivity contribution in [1.82, 2.24) is 0 Å². The molecule has 0 atom stereocenters. The lowest BCUT2D eigenvalue weighted by Crippen LogP contribution is -2.13. The Kier molecular flexibility index (Phi) is 8.08. The van der Waals surface area contributed by atoms with E-state index >= 15 is 0 Å². The number of hydrogen-bond donors (Lipinski definition) is 0. The van der Waals surface area contributed by atoms with Crippen LogP contribution in [0.3, 0.4) is 0 Å². The van der Waals surface area contributed by atoms with Gasteiger partial charge in [0.2, 0.25) is 0 Å². The molecule has 0 nitrogen and oxygen atoms in total. The maximum atomic E-state index is 14.9.